The van der Waals surface area contributed by atoms with Crippen molar-refractivity contribution in [3.8, 4) is 0 Å². The van der Waals surface area contributed by atoms with E-state index in [0.717, 1.165) is 24.1 Å². The van der Waals surface area contributed by atoms with Gasteiger partial charge in [-0.3, -0.25) is 0 Å². The molecule has 94 valence electrons. The maximum atomic E-state index is 10.3. The summed E-state index contributed by atoms with van der Waals surface area (Å²) < 4.78 is 0. The number of aliphatic hydroxyl groups is 1. The molecule has 2 rings (SSSR count). The van der Waals surface area contributed by atoms with Gasteiger partial charge >= 0.3 is 0 Å². The largest absolute Gasteiger partial charge is 0.387 e. The zero-order valence-electron chi connectivity index (χ0n) is 10.6. The fourth-order valence-corrected chi connectivity index (χ4v) is 2.55. The third kappa shape index (κ3) is 2.68. The van der Waals surface area contributed by atoms with Crippen molar-refractivity contribution >= 4 is 0 Å². The molecule has 17 heavy (non-hydrogen) atoms. The van der Waals surface area contributed by atoms with Gasteiger partial charge in [0.05, 0.1) is 6.10 Å². The van der Waals surface area contributed by atoms with Crippen molar-refractivity contribution in [3.05, 3.63) is 35.4 Å². The number of aliphatic hydroxyl groups excluding tert-OH is 1. The molecule has 0 bridgehead atoms. The second kappa shape index (κ2) is 5.17. The number of nitrogens with zero attached hydrogens (tertiary/aromatic N) is 1. The van der Waals surface area contributed by atoms with E-state index in [1.807, 2.05) is 31.2 Å². The first kappa shape index (κ1) is 12.6. The van der Waals surface area contributed by atoms with Gasteiger partial charge in [0.15, 0.2) is 0 Å². The van der Waals surface area contributed by atoms with E-state index in [1.165, 1.54) is 6.42 Å². The molecular formula is C14H22N2O. The van der Waals surface area contributed by atoms with Gasteiger partial charge in [0, 0.05) is 12.1 Å². The van der Waals surface area contributed by atoms with Crippen molar-refractivity contribution < 1.29 is 5.11 Å². The van der Waals surface area contributed by atoms with Gasteiger partial charge in [-0.1, -0.05) is 24.3 Å². The highest BCUT2D eigenvalue weighted by atomic mass is 16.3. The third-order valence-corrected chi connectivity index (χ3v) is 3.75. The first-order valence-electron chi connectivity index (χ1n) is 6.33. The molecule has 1 saturated heterocycles. The van der Waals surface area contributed by atoms with Gasteiger partial charge in [-0.2, -0.15) is 0 Å². The summed E-state index contributed by atoms with van der Waals surface area (Å²) in [6.45, 7) is 3.05. The number of hydrogen-bond acceptors (Lipinski definition) is 3. The fourth-order valence-electron chi connectivity index (χ4n) is 2.55. The highest BCUT2D eigenvalue weighted by molar-refractivity contribution is 5.26. The van der Waals surface area contributed by atoms with E-state index < -0.39 is 0 Å². The average Bonchev–Trinajstić information content (AvgIpc) is 2.74. The van der Waals surface area contributed by atoms with Crippen molar-refractivity contribution in [3.63, 3.8) is 0 Å². The standard InChI is InChI=1S/C14H22N2O/c1-10(15)11-5-7-12(8-6-11)14(17)13-4-3-9-16(13)2/h5-8,10,13-14,17H,3-4,9,15H2,1-2H3/t10-,13?,14?/m0/s1. The molecule has 1 aliphatic heterocycles. The average molecular weight is 234 g/mol. The molecule has 1 aliphatic rings. The highest BCUT2D eigenvalue weighted by Gasteiger charge is 2.28. The summed E-state index contributed by atoms with van der Waals surface area (Å²) >= 11 is 0. The lowest BCUT2D eigenvalue weighted by Gasteiger charge is -2.25. The molecule has 0 spiro atoms. The summed E-state index contributed by atoms with van der Waals surface area (Å²) in [6.07, 6.45) is 1.87. The van der Waals surface area contributed by atoms with Crippen molar-refractivity contribution in [1.29, 1.82) is 0 Å². The molecule has 3 nitrogen and oxygen atoms in total. The lowest BCUT2D eigenvalue weighted by Crippen LogP contribution is -2.31. The minimum Gasteiger partial charge on any atom is -0.387 e. The van der Waals surface area contributed by atoms with Crippen LogP contribution < -0.4 is 5.73 Å². The SMILES string of the molecule is C[C@H](N)c1ccc(C(O)C2CCCN2C)cc1. The van der Waals surface area contributed by atoms with Crippen LogP contribution in [0.2, 0.25) is 0 Å². The van der Waals surface area contributed by atoms with Gasteiger partial charge in [0.25, 0.3) is 0 Å². The first-order valence-corrected chi connectivity index (χ1v) is 6.33. The van der Waals surface area contributed by atoms with E-state index in [2.05, 4.69) is 11.9 Å². The molecule has 0 saturated carbocycles. The molecule has 0 aromatic heterocycles. The van der Waals surface area contributed by atoms with Crippen molar-refractivity contribution in [2.75, 3.05) is 13.6 Å². The van der Waals surface area contributed by atoms with Crippen LogP contribution in [0.1, 0.15) is 43.0 Å². The predicted molar refractivity (Wildman–Crippen MR) is 69.7 cm³/mol. The van der Waals surface area contributed by atoms with Gasteiger partial charge in [0.2, 0.25) is 0 Å². The quantitative estimate of drug-likeness (QED) is 0.839. The Morgan fingerprint density at radius 3 is 2.35 bits per heavy atom. The number of rotatable bonds is 3. The second-order valence-electron chi connectivity index (χ2n) is 5.09. The molecule has 1 aromatic rings. The van der Waals surface area contributed by atoms with Gasteiger partial charge in [-0.15, -0.1) is 0 Å². The monoisotopic (exact) mass is 234 g/mol. The van der Waals surface area contributed by atoms with Crippen LogP contribution in [0.4, 0.5) is 0 Å². The second-order valence-corrected chi connectivity index (χ2v) is 5.09. The van der Waals surface area contributed by atoms with Gasteiger partial charge in [-0.25, -0.2) is 0 Å². The van der Waals surface area contributed by atoms with Crippen molar-refractivity contribution in [1.82, 2.24) is 4.90 Å². The summed E-state index contributed by atoms with van der Waals surface area (Å²) in [7, 11) is 2.08. The van der Waals surface area contributed by atoms with E-state index in [1.54, 1.807) is 0 Å². The Balaban J connectivity index is 2.11. The maximum Gasteiger partial charge on any atom is 0.0945 e. The maximum absolute atomic E-state index is 10.3. The minimum atomic E-state index is -0.385. The van der Waals surface area contributed by atoms with Crippen LogP contribution in [0, 0.1) is 0 Å². The summed E-state index contributed by atoms with van der Waals surface area (Å²) in [5.41, 5.74) is 7.92. The molecule has 2 unspecified atom stereocenters. The van der Waals surface area contributed by atoms with Gasteiger partial charge < -0.3 is 15.7 Å². The van der Waals surface area contributed by atoms with Crippen molar-refractivity contribution in [2.45, 2.75) is 38.0 Å². The van der Waals surface area contributed by atoms with Gasteiger partial charge in [-0.05, 0) is 44.5 Å². The van der Waals surface area contributed by atoms with Crippen LogP contribution >= 0.6 is 0 Å². The Morgan fingerprint density at radius 2 is 1.88 bits per heavy atom. The Kier molecular flexibility index (Phi) is 3.82. The van der Waals surface area contributed by atoms with E-state index >= 15 is 0 Å². The Bertz CT molecular complexity index is 361. The normalized spacial score (nSPS) is 24.8. The number of likely N-dealkylation sites (N-methyl/N-ethyl adjacent to an activating group) is 1. The molecule has 1 heterocycles. The molecule has 0 amide bonds. The van der Waals surface area contributed by atoms with Crippen LogP contribution in [-0.4, -0.2) is 29.6 Å². The third-order valence-electron chi connectivity index (χ3n) is 3.75. The van der Waals surface area contributed by atoms with Crippen LogP contribution in [0.15, 0.2) is 24.3 Å². The van der Waals surface area contributed by atoms with Crippen LogP contribution in [0.25, 0.3) is 0 Å². The molecule has 1 fully saturated rings. The van der Waals surface area contributed by atoms with E-state index in [-0.39, 0.29) is 18.2 Å². The zero-order valence-corrected chi connectivity index (χ0v) is 10.6. The predicted octanol–water partition coefficient (Wildman–Crippen LogP) is 1.83. The van der Waals surface area contributed by atoms with E-state index in [0.29, 0.717) is 0 Å². The molecule has 3 heteroatoms. The Morgan fingerprint density at radius 1 is 1.29 bits per heavy atom. The Labute approximate surface area is 103 Å². The van der Waals surface area contributed by atoms with Crippen LogP contribution in [0.3, 0.4) is 0 Å². The van der Waals surface area contributed by atoms with Crippen LogP contribution in [-0.2, 0) is 0 Å². The first-order chi connectivity index (χ1) is 8.09. The highest BCUT2D eigenvalue weighted by Crippen LogP contribution is 2.28. The van der Waals surface area contributed by atoms with Gasteiger partial charge in [0.1, 0.15) is 0 Å². The zero-order chi connectivity index (χ0) is 12.4. The number of likely N-dealkylation sites (tertiary alicyclic amines) is 1. The minimum absolute atomic E-state index is 0.0512. The number of hydrogen-bond donors (Lipinski definition) is 2. The fraction of sp³-hybridized carbons (Fsp3) is 0.571. The Hall–Kier alpha value is -0.900. The van der Waals surface area contributed by atoms with Crippen molar-refractivity contribution in [2.24, 2.45) is 5.73 Å². The molecular weight excluding hydrogens is 212 g/mol. The lowest BCUT2D eigenvalue weighted by molar-refractivity contribution is 0.0857. The smallest absolute Gasteiger partial charge is 0.0945 e. The molecule has 3 atom stereocenters. The van der Waals surface area contributed by atoms with E-state index in [9.17, 15) is 5.11 Å². The molecule has 1 aromatic carbocycles. The lowest BCUT2D eigenvalue weighted by atomic mass is 9.98. The topological polar surface area (TPSA) is 49.5 Å². The molecule has 3 N–H and O–H groups in total. The summed E-state index contributed by atoms with van der Waals surface area (Å²) in [5.74, 6) is 0. The van der Waals surface area contributed by atoms with Crippen LogP contribution in [0.5, 0.6) is 0 Å². The summed E-state index contributed by atoms with van der Waals surface area (Å²) in [5, 5.41) is 10.3. The molecule has 0 radical (unpaired) electrons. The van der Waals surface area contributed by atoms with E-state index in [4.69, 9.17) is 5.73 Å². The summed E-state index contributed by atoms with van der Waals surface area (Å²) in [6, 6.07) is 8.33. The number of nitrogens with two attached hydrogens (primary N) is 1. The molecule has 0 aliphatic carbocycles. The number of benzene rings is 1. The summed E-state index contributed by atoms with van der Waals surface area (Å²) in [4.78, 5) is 2.24.